The molecule has 3 heteroatoms. The number of pyridine rings is 1. The van der Waals surface area contributed by atoms with Gasteiger partial charge in [0.2, 0.25) is 0 Å². The standard InChI is InChI=1S/C17H31N3/c1-5-20(14-17-8-10-18-11-9-17)13-12-19-16(4)7-6-15(2)3/h8-11,15-16,19H,5-7,12-14H2,1-4H3. The third-order valence-electron chi connectivity index (χ3n) is 3.70. The molecular formula is C17H31N3. The lowest BCUT2D eigenvalue weighted by molar-refractivity contribution is 0.273. The van der Waals surface area contributed by atoms with Crippen LogP contribution in [0.4, 0.5) is 0 Å². The first kappa shape index (κ1) is 17.1. The molecule has 1 unspecified atom stereocenters. The lowest BCUT2D eigenvalue weighted by Gasteiger charge is -2.22. The normalized spacial score (nSPS) is 13.1. The number of hydrogen-bond acceptors (Lipinski definition) is 3. The molecule has 0 amide bonds. The van der Waals surface area contributed by atoms with Crippen molar-refractivity contribution in [3.05, 3.63) is 30.1 Å². The van der Waals surface area contributed by atoms with Crippen molar-refractivity contribution in [3.63, 3.8) is 0 Å². The van der Waals surface area contributed by atoms with Crippen molar-refractivity contribution in [3.8, 4) is 0 Å². The molecule has 0 aromatic carbocycles. The molecule has 1 rings (SSSR count). The Labute approximate surface area is 124 Å². The Morgan fingerprint density at radius 3 is 2.45 bits per heavy atom. The lowest BCUT2D eigenvalue weighted by Crippen LogP contribution is -2.35. The van der Waals surface area contributed by atoms with Gasteiger partial charge in [0.1, 0.15) is 0 Å². The van der Waals surface area contributed by atoms with Crippen LogP contribution in [-0.4, -0.2) is 35.6 Å². The highest BCUT2D eigenvalue weighted by molar-refractivity contribution is 5.09. The summed E-state index contributed by atoms with van der Waals surface area (Å²) in [6, 6.07) is 4.82. The van der Waals surface area contributed by atoms with Crippen molar-refractivity contribution in [1.82, 2.24) is 15.2 Å². The minimum atomic E-state index is 0.622. The number of likely N-dealkylation sites (N-methyl/N-ethyl adjacent to an activating group) is 1. The predicted octanol–water partition coefficient (Wildman–Crippen LogP) is 3.32. The van der Waals surface area contributed by atoms with E-state index in [9.17, 15) is 0 Å². The van der Waals surface area contributed by atoms with Crippen molar-refractivity contribution in [2.24, 2.45) is 5.92 Å². The molecular weight excluding hydrogens is 246 g/mol. The Balaban J connectivity index is 2.21. The second-order valence-corrected chi connectivity index (χ2v) is 6.05. The number of hydrogen-bond donors (Lipinski definition) is 1. The number of aromatic nitrogens is 1. The van der Waals surface area contributed by atoms with Crippen LogP contribution in [0.15, 0.2) is 24.5 Å². The first-order valence-corrected chi connectivity index (χ1v) is 7.96. The van der Waals surface area contributed by atoms with E-state index in [1.807, 2.05) is 12.4 Å². The fourth-order valence-electron chi connectivity index (χ4n) is 2.25. The quantitative estimate of drug-likeness (QED) is 0.711. The van der Waals surface area contributed by atoms with Gasteiger partial charge in [-0.2, -0.15) is 0 Å². The summed E-state index contributed by atoms with van der Waals surface area (Å²) in [5.74, 6) is 0.804. The minimum Gasteiger partial charge on any atom is -0.313 e. The molecule has 114 valence electrons. The summed E-state index contributed by atoms with van der Waals surface area (Å²) in [4.78, 5) is 6.54. The van der Waals surface area contributed by atoms with Crippen LogP contribution in [0, 0.1) is 5.92 Å². The number of nitrogens with zero attached hydrogens (tertiary/aromatic N) is 2. The maximum atomic E-state index is 4.07. The molecule has 0 fully saturated rings. The summed E-state index contributed by atoms with van der Waals surface area (Å²) in [6.45, 7) is 13.4. The molecule has 0 bridgehead atoms. The molecule has 1 aromatic rings. The van der Waals surface area contributed by atoms with E-state index in [0.29, 0.717) is 6.04 Å². The fraction of sp³-hybridized carbons (Fsp3) is 0.706. The van der Waals surface area contributed by atoms with Gasteiger partial charge in [0.25, 0.3) is 0 Å². The molecule has 0 spiro atoms. The second-order valence-electron chi connectivity index (χ2n) is 6.05. The van der Waals surface area contributed by atoms with Crippen LogP contribution in [0.1, 0.15) is 46.1 Å². The summed E-state index contributed by atoms with van der Waals surface area (Å²) in [5, 5.41) is 3.63. The van der Waals surface area contributed by atoms with E-state index in [-0.39, 0.29) is 0 Å². The van der Waals surface area contributed by atoms with Gasteiger partial charge in [0, 0.05) is 38.1 Å². The Morgan fingerprint density at radius 1 is 1.15 bits per heavy atom. The van der Waals surface area contributed by atoms with E-state index < -0.39 is 0 Å². The monoisotopic (exact) mass is 277 g/mol. The zero-order chi connectivity index (χ0) is 14.8. The van der Waals surface area contributed by atoms with Crippen molar-refractivity contribution in [2.75, 3.05) is 19.6 Å². The molecule has 3 nitrogen and oxygen atoms in total. The van der Waals surface area contributed by atoms with Gasteiger partial charge in [-0.05, 0) is 49.9 Å². The third-order valence-corrected chi connectivity index (χ3v) is 3.70. The van der Waals surface area contributed by atoms with Crippen LogP contribution in [-0.2, 0) is 6.54 Å². The van der Waals surface area contributed by atoms with Crippen LogP contribution in [0.3, 0.4) is 0 Å². The van der Waals surface area contributed by atoms with Crippen LogP contribution in [0.2, 0.25) is 0 Å². The fourth-order valence-corrected chi connectivity index (χ4v) is 2.25. The predicted molar refractivity (Wildman–Crippen MR) is 86.7 cm³/mol. The highest BCUT2D eigenvalue weighted by atomic mass is 15.1. The van der Waals surface area contributed by atoms with E-state index in [1.54, 1.807) is 0 Å². The molecule has 20 heavy (non-hydrogen) atoms. The average Bonchev–Trinajstić information content (AvgIpc) is 2.45. The Hall–Kier alpha value is -0.930. The summed E-state index contributed by atoms with van der Waals surface area (Å²) >= 11 is 0. The van der Waals surface area contributed by atoms with Gasteiger partial charge >= 0.3 is 0 Å². The smallest absolute Gasteiger partial charge is 0.0271 e. The van der Waals surface area contributed by atoms with E-state index in [2.05, 4.69) is 55.0 Å². The van der Waals surface area contributed by atoms with Gasteiger partial charge in [0.15, 0.2) is 0 Å². The third kappa shape index (κ3) is 7.61. The minimum absolute atomic E-state index is 0.622. The zero-order valence-electron chi connectivity index (χ0n) is 13.6. The summed E-state index contributed by atoms with van der Waals surface area (Å²) in [6.07, 6.45) is 6.32. The van der Waals surface area contributed by atoms with Gasteiger partial charge in [-0.25, -0.2) is 0 Å². The Kier molecular flexibility index (Phi) is 8.47. The number of rotatable bonds is 10. The van der Waals surface area contributed by atoms with E-state index in [4.69, 9.17) is 0 Å². The highest BCUT2D eigenvalue weighted by Crippen LogP contribution is 2.06. The molecule has 0 aliphatic rings. The van der Waals surface area contributed by atoms with Crippen LogP contribution in [0.25, 0.3) is 0 Å². The number of nitrogens with one attached hydrogen (secondary N) is 1. The van der Waals surface area contributed by atoms with Gasteiger partial charge in [-0.1, -0.05) is 20.8 Å². The molecule has 0 radical (unpaired) electrons. The van der Waals surface area contributed by atoms with Crippen molar-refractivity contribution in [1.29, 1.82) is 0 Å². The summed E-state index contributed by atoms with van der Waals surface area (Å²) in [5.41, 5.74) is 1.34. The molecule has 1 aromatic heterocycles. The Bertz CT molecular complexity index is 337. The maximum Gasteiger partial charge on any atom is 0.0271 e. The molecule has 1 heterocycles. The van der Waals surface area contributed by atoms with Crippen LogP contribution in [0.5, 0.6) is 0 Å². The lowest BCUT2D eigenvalue weighted by atomic mass is 10.0. The van der Waals surface area contributed by atoms with Crippen LogP contribution >= 0.6 is 0 Å². The molecule has 1 N–H and O–H groups in total. The van der Waals surface area contributed by atoms with E-state index in [0.717, 1.165) is 32.1 Å². The van der Waals surface area contributed by atoms with Gasteiger partial charge in [-0.3, -0.25) is 9.88 Å². The SMILES string of the molecule is CCN(CCNC(C)CCC(C)C)Cc1ccncc1. The van der Waals surface area contributed by atoms with E-state index >= 15 is 0 Å². The Morgan fingerprint density at radius 2 is 1.85 bits per heavy atom. The van der Waals surface area contributed by atoms with E-state index in [1.165, 1.54) is 18.4 Å². The largest absolute Gasteiger partial charge is 0.313 e. The molecule has 0 saturated heterocycles. The van der Waals surface area contributed by atoms with Gasteiger partial charge < -0.3 is 5.32 Å². The summed E-state index contributed by atoms with van der Waals surface area (Å²) < 4.78 is 0. The maximum absolute atomic E-state index is 4.07. The molecule has 0 aliphatic carbocycles. The first-order chi connectivity index (χ1) is 9.61. The molecule has 0 aliphatic heterocycles. The van der Waals surface area contributed by atoms with Gasteiger partial charge in [-0.15, -0.1) is 0 Å². The topological polar surface area (TPSA) is 28.2 Å². The summed E-state index contributed by atoms with van der Waals surface area (Å²) in [7, 11) is 0. The average molecular weight is 277 g/mol. The van der Waals surface area contributed by atoms with Crippen LogP contribution < -0.4 is 5.32 Å². The zero-order valence-corrected chi connectivity index (χ0v) is 13.6. The first-order valence-electron chi connectivity index (χ1n) is 7.96. The van der Waals surface area contributed by atoms with Crippen molar-refractivity contribution < 1.29 is 0 Å². The molecule has 1 atom stereocenters. The van der Waals surface area contributed by atoms with Crippen molar-refractivity contribution >= 4 is 0 Å². The molecule has 0 saturated carbocycles. The second kappa shape index (κ2) is 9.89. The highest BCUT2D eigenvalue weighted by Gasteiger charge is 2.06. The van der Waals surface area contributed by atoms with Gasteiger partial charge in [0.05, 0.1) is 0 Å². The van der Waals surface area contributed by atoms with Crippen molar-refractivity contribution in [2.45, 2.75) is 53.1 Å².